The lowest BCUT2D eigenvalue weighted by Crippen LogP contribution is -2.36. The Labute approximate surface area is 145 Å². The molecule has 0 radical (unpaired) electrons. The molecule has 0 spiro atoms. The van der Waals surface area contributed by atoms with Crippen LogP contribution in [0.2, 0.25) is 0 Å². The van der Waals surface area contributed by atoms with Crippen LogP contribution < -0.4 is 10.6 Å². The normalized spacial score (nSPS) is 11.6. The summed E-state index contributed by atoms with van der Waals surface area (Å²) in [7, 11) is 5.97. The Hall–Kier alpha value is -2.33. The van der Waals surface area contributed by atoms with E-state index in [0.29, 0.717) is 0 Å². The molecule has 0 amide bonds. The Morgan fingerprint density at radius 3 is 2.17 bits per heavy atom. The van der Waals surface area contributed by atoms with Crippen molar-refractivity contribution >= 4 is 5.96 Å². The highest BCUT2D eigenvalue weighted by Crippen LogP contribution is 2.07. The van der Waals surface area contributed by atoms with E-state index in [4.69, 9.17) is 0 Å². The SMILES string of the molecule is CN=C(NCc1ccc(C)cc1)NCc1cccc(CN(C)C)c1. The fourth-order valence-electron chi connectivity index (χ4n) is 2.50. The van der Waals surface area contributed by atoms with Crippen LogP contribution in [-0.2, 0) is 19.6 Å². The summed E-state index contributed by atoms with van der Waals surface area (Å²) >= 11 is 0. The van der Waals surface area contributed by atoms with E-state index in [1.807, 2.05) is 0 Å². The van der Waals surface area contributed by atoms with Gasteiger partial charge in [-0.3, -0.25) is 4.99 Å². The summed E-state index contributed by atoms with van der Waals surface area (Å²) in [6.45, 7) is 4.58. The second kappa shape index (κ2) is 9.08. The van der Waals surface area contributed by atoms with Crippen LogP contribution in [0.25, 0.3) is 0 Å². The number of rotatable bonds is 6. The monoisotopic (exact) mass is 324 g/mol. The van der Waals surface area contributed by atoms with Crippen LogP contribution >= 0.6 is 0 Å². The van der Waals surface area contributed by atoms with Gasteiger partial charge in [-0.05, 0) is 37.7 Å². The highest BCUT2D eigenvalue weighted by molar-refractivity contribution is 5.79. The highest BCUT2D eigenvalue weighted by atomic mass is 15.2. The Kier molecular flexibility index (Phi) is 6.82. The van der Waals surface area contributed by atoms with E-state index in [2.05, 4.69) is 90.1 Å². The summed E-state index contributed by atoms with van der Waals surface area (Å²) in [5.41, 5.74) is 5.10. The van der Waals surface area contributed by atoms with Gasteiger partial charge >= 0.3 is 0 Å². The molecule has 0 heterocycles. The summed E-state index contributed by atoms with van der Waals surface area (Å²) in [5.74, 6) is 0.814. The number of nitrogens with zero attached hydrogens (tertiary/aromatic N) is 2. The zero-order valence-electron chi connectivity index (χ0n) is 15.1. The van der Waals surface area contributed by atoms with E-state index in [1.165, 1.54) is 22.3 Å². The van der Waals surface area contributed by atoms with Crippen molar-refractivity contribution in [1.29, 1.82) is 0 Å². The maximum absolute atomic E-state index is 4.29. The second-order valence-corrected chi connectivity index (χ2v) is 6.32. The molecule has 2 rings (SSSR count). The summed E-state index contributed by atoms with van der Waals surface area (Å²) in [6.07, 6.45) is 0. The molecule has 0 atom stereocenters. The Morgan fingerprint density at radius 2 is 1.54 bits per heavy atom. The van der Waals surface area contributed by atoms with Gasteiger partial charge < -0.3 is 15.5 Å². The van der Waals surface area contributed by atoms with Crippen LogP contribution in [0.15, 0.2) is 53.5 Å². The molecule has 4 heteroatoms. The van der Waals surface area contributed by atoms with E-state index in [-0.39, 0.29) is 0 Å². The molecule has 0 aliphatic carbocycles. The predicted octanol–water partition coefficient (Wildman–Crippen LogP) is 2.92. The highest BCUT2D eigenvalue weighted by Gasteiger charge is 2.01. The molecule has 2 aromatic carbocycles. The molecule has 2 N–H and O–H groups in total. The second-order valence-electron chi connectivity index (χ2n) is 6.32. The maximum atomic E-state index is 4.29. The number of nitrogens with one attached hydrogen (secondary N) is 2. The standard InChI is InChI=1S/C20H28N4/c1-16-8-10-17(11-9-16)13-22-20(21-2)23-14-18-6-5-7-19(12-18)15-24(3)4/h5-12H,13-15H2,1-4H3,(H2,21,22,23). The zero-order valence-corrected chi connectivity index (χ0v) is 15.1. The lowest BCUT2D eigenvalue weighted by atomic mass is 10.1. The molecule has 0 bridgehead atoms. The van der Waals surface area contributed by atoms with Gasteiger partial charge in [-0.25, -0.2) is 0 Å². The Morgan fingerprint density at radius 1 is 0.917 bits per heavy atom. The average Bonchev–Trinajstić information content (AvgIpc) is 2.56. The van der Waals surface area contributed by atoms with Crippen LogP contribution in [0.5, 0.6) is 0 Å². The van der Waals surface area contributed by atoms with Crippen molar-refractivity contribution in [3.8, 4) is 0 Å². The molecule has 128 valence electrons. The third-order valence-electron chi connectivity index (χ3n) is 3.75. The fraction of sp³-hybridized carbons (Fsp3) is 0.350. The van der Waals surface area contributed by atoms with Gasteiger partial charge in [0.15, 0.2) is 5.96 Å². The first kappa shape index (κ1) is 18.0. The van der Waals surface area contributed by atoms with Gasteiger partial charge in [0.25, 0.3) is 0 Å². The average molecular weight is 324 g/mol. The molecule has 0 aliphatic heterocycles. The lowest BCUT2D eigenvalue weighted by molar-refractivity contribution is 0.402. The largest absolute Gasteiger partial charge is 0.352 e. The minimum atomic E-state index is 0.759. The Bertz CT molecular complexity index is 660. The first-order chi connectivity index (χ1) is 11.6. The number of hydrogen-bond acceptors (Lipinski definition) is 2. The number of guanidine groups is 1. The van der Waals surface area contributed by atoms with Crippen molar-refractivity contribution in [2.24, 2.45) is 4.99 Å². The summed E-state index contributed by atoms with van der Waals surface area (Å²) < 4.78 is 0. The molecule has 0 unspecified atom stereocenters. The summed E-state index contributed by atoms with van der Waals surface area (Å²) in [5, 5.41) is 6.73. The first-order valence-electron chi connectivity index (χ1n) is 8.29. The van der Waals surface area contributed by atoms with Crippen LogP contribution in [0.4, 0.5) is 0 Å². The van der Waals surface area contributed by atoms with Gasteiger partial charge in [-0.2, -0.15) is 0 Å². The number of aliphatic imine (C=N–C) groups is 1. The molecular formula is C20H28N4. The summed E-state index contributed by atoms with van der Waals surface area (Å²) in [6, 6.07) is 17.2. The quantitative estimate of drug-likeness (QED) is 0.634. The molecule has 4 nitrogen and oxygen atoms in total. The van der Waals surface area contributed by atoms with Crippen molar-refractivity contribution < 1.29 is 0 Å². The molecular weight excluding hydrogens is 296 g/mol. The van der Waals surface area contributed by atoms with Gasteiger partial charge in [-0.15, -0.1) is 0 Å². The van der Waals surface area contributed by atoms with Crippen molar-refractivity contribution in [3.63, 3.8) is 0 Å². The van der Waals surface area contributed by atoms with Crippen LogP contribution in [0.3, 0.4) is 0 Å². The van der Waals surface area contributed by atoms with Crippen LogP contribution in [0, 0.1) is 6.92 Å². The summed E-state index contributed by atoms with van der Waals surface area (Å²) in [4.78, 5) is 6.47. The topological polar surface area (TPSA) is 39.7 Å². The number of hydrogen-bond donors (Lipinski definition) is 2. The van der Waals surface area contributed by atoms with E-state index in [9.17, 15) is 0 Å². The van der Waals surface area contributed by atoms with Gasteiger partial charge in [0, 0.05) is 26.7 Å². The molecule has 0 fully saturated rings. The van der Waals surface area contributed by atoms with Crippen LogP contribution in [0.1, 0.15) is 22.3 Å². The third kappa shape index (κ3) is 6.05. The van der Waals surface area contributed by atoms with Crippen LogP contribution in [-0.4, -0.2) is 32.0 Å². The fourth-order valence-corrected chi connectivity index (χ4v) is 2.50. The van der Waals surface area contributed by atoms with Gasteiger partial charge in [0.1, 0.15) is 0 Å². The first-order valence-corrected chi connectivity index (χ1v) is 8.29. The van der Waals surface area contributed by atoms with E-state index in [0.717, 1.165) is 25.6 Å². The van der Waals surface area contributed by atoms with Gasteiger partial charge in [0.05, 0.1) is 0 Å². The number of benzene rings is 2. The van der Waals surface area contributed by atoms with E-state index < -0.39 is 0 Å². The Balaban J connectivity index is 1.86. The molecule has 0 saturated heterocycles. The van der Waals surface area contributed by atoms with Crippen molar-refractivity contribution in [2.75, 3.05) is 21.1 Å². The predicted molar refractivity (Wildman–Crippen MR) is 102 cm³/mol. The van der Waals surface area contributed by atoms with E-state index in [1.54, 1.807) is 7.05 Å². The van der Waals surface area contributed by atoms with Crippen molar-refractivity contribution in [2.45, 2.75) is 26.6 Å². The smallest absolute Gasteiger partial charge is 0.191 e. The maximum Gasteiger partial charge on any atom is 0.191 e. The molecule has 24 heavy (non-hydrogen) atoms. The zero-order chi connectivity index (χ0) is 17.4. The van der Waals surface area contributed by atoms with Crippen molar-refractivity contribution in [1.82, 2.24) is 15.5 Å². The third-order valence-corrected chi connectivity index (χ3v) is 3.75. The molecule has 0 aromatic heterocycles. The minimum Gasteiger partial charge on any atom is -0.352 e. The van der Waals surface area contributed by atoms with E-state index >= 15 is 0 Å². The lowest BCUT2D eigenvalue weighted by Gasteiger charge is -2.14. The minimum absolute atomic E-state index is 0.759. The van der Waals surface area contributed by atoms with Crippen molar-refractivity contribution in [3.05, 3.63) is 70.8 Å². The van der Waals surface area contributed by atoms with Gasteiger partial charge in [0.2, 0.25) is 0 Å². The molecule has 0 saturated carbocycles. The molecule has 0 aliphatic rings. The number of aryl methyl sites for hydroxylation is 1. The molecule has 2 aromatic rings. The van der Waals surface area contributed by atoms with Gasteiger partial charge in [-0.1, -0.05) is 54.1 Å².